The van der Waals surface area contributed by atoms with Gasteiger partial charge in [0, 0.05) is 29.9 Å². The molecule has 0 saturated heterocycles. The van der Waals surface area contributed by atoms with Crippen LogP contribution in [0.15, 0.2) is 48.5 Å². The van der Waals surface area contributed by atoms with Crippen LogP contribution in [0, 0.1) is 0 Å². The average molecular weight is 456 g/mol. The third-order valence-corrected chi connectivity index (χ3v) is 4.96. The van der Waals surface area contributed by atoms with Gasteiger partial charge in [0.05, 0.1) is 6.61 Å². The van der Waals surface area contributed by atoms with E-state index < -0.39 is 0 Å². The molecule has 0 unspecified atom stereocenters. The van der Waals surface area contributed by atoms with Crippen LogP contribution in [0.4, 0.5) is 5.69 Å². The number of hydrogen-bond acceptors (Lipinski definition) is 4. The van der Waals surface area contributed by atoms with Crippen LogP contribution in [0.3, 0.4) is 0 Å². The lowest BCUT2D eigenvalue weighted by Crippen LogP contribution is -2.34. The first kappa shape index (κ1) is 25.3. The van der Waals surface area contributed by atoms with Gasteiger partial charge in [0.2, 0.25) is 0 Å². The van der Waals surface area contributed by atoms with Gasteiger partial charge >= 0.3 is 0 Å². The number of hydrogen-bond donors (Lipinski definition) is 2. The van der Waals surface area contributed by atoms with Crippen LogP contribution in [0.2, 0.25) is 0 Å². The van der Waals surface area contributed by atoms with Gasteiger partial charge in [-0.1, -0.05) is 33.3 Å². The van der Waals surface area contributed by atoms with Crippen LogP contribution in [-0.4, -0.2) is 41.5 Å². The summed E-state index contributed by atoms with van der Waals surface area (Å²) in [7, 11) is 0. The topological polar surface area (TPSA) is 70.7 Å². The normalized spacial score (nSPS) is 10.3. The summed E-state index contributed by atoms with van der Waals surface area (Å²) in [6.07, 6.45) is 3.86. The minimum Gasteiger partial charge on any atom is -0.494 e. The Morgan fingerprint density at radius 3 is 2.25 bits per heavy atom. The molecule has 0 atom stereocenters. The number of amides is 2. The summed E-state index contributed by atoms with van der Waals surface area (Å²) in [6, 6.07) is 14.1. The van der Waals surface area contributed by atoms with E-state index in [1.54, 1.807) is 42.5 Å². The second kappa shape index (κ2) is 13.5. The number of thiocarbonyl (C=S) groups is 1. The number of carbonyl (C=O) groups is 2. The first-order valence-electron chi connectivity index (χ1n) is 11.2. The fraction of sp³-hybridized carbons (Fsp3) is 0.400. The minimum atomic E-state index is -0.315. The Kier molecular flexibility index (Phi) is 10.7. The lowest BCUT2D eigenvalue weighted by Gasteiger charge is -2.21. The summed E-state index contributed by atoms with van der Waals surface area (Å²) in [4.78, 5) is 27.1. The fourth-order valence-electron chi connectivity index (χ4n) is 3.13. The molecular weight excluding hydrogens is 422 g/mol. The molecule has 0 radical (unpaired) electrons. The number of benzene rings is 2. The maximum atomic E-state index is 12.7. The van der Waals surface area contributed by atoms with E-state index in [9.17, 15) is 9.59 Å². The highest BCUT2D eigenvalue weighted by Gasteiger charge is 2.14. The predicted octanol–water partition coefficient (Wildman–Crippen LogP) is 5.25. The Morgan fingerprint density at radius 2 is 1.62 bits per heavy atom. The van der Waals surface area contributed by atoms with Crippen LogP contribution in [0.25, 0.3) is 0 Å². The highest BCUT2D eigenvalue weighted by Crippen LogP contribution is 2.15. The lowest BCUT2D eigenvalue weighted by atomic mass is 10.1. The molecule has 0 saturated carbocycles. The summed E-state index contributed by atoms with van der Waals surface area (Å²) in [6.45, 7) is 8.33. The molecular formula is C25H33N3O3S. The SMILES string of the molecule is CCCCOc1cccc(C(=O)NC(=S)Nc2ccc(C(=O)N(CCC)CCC)cc2)c1. The molecule has 0 bridgehead atoms. The van der Waals surface area contributed by atoms with Crippen molar-refractivity contribution < 1.29 is 14.3 Å². The standard InChI is InChI=1S/C25H33N3O3S/c1-4-7-17-31-22-10-8-9-20(18-22)23(29)27-25(32)26-21-13-11-19(12-14-21)24(30)28(15-5-2)16-6-3/h8-14,18H,4-7,15-17H2,1-3H3,(H2,26,27,29,32). The van der Waals surface area contributed by atoms with Crippen LogP contribution in [-0.2, 0) is 0 Å². The maximum Gasteiger partial charge on any atom is 0.257 e. The first-order valence-corrected chi connectivity index (χ1v) is 11.6. The number of rotatable bonds is 11. The van der Waals surface area contributed by atoms with Gasteiger partial charge < -0.3 is 15.0 Å². The van der Waals surface area contributed by atoms with E-state index in [1.165, 1.54) is 0 Å². The lowest BCUT2D eigenvalue weighted by molar-refractivity contribution is 0.0755. The van der Waals surface area contributed by atoms with E-state index in [1.807, 2.05) is 11.0 Å². The monoisotopic (exact) mass is 455 g/mol. The van der Waals surface area contributed by atoms with Crippen molar-refractivity contribution in [1.29, 1.82) is 0 Å². The van der Waals surface area contributed by atoms with Crippen molar-refractivity contribution in [3.05, 3.63) is 59.7 Å². The molecule has 2 rings (SSSR count). The summed E-state index contributed by atoms with van der Waals surface area (Å²) in [5, 5.41) is 5.85. The van der Waals surface area contributed by atoms with Gasteiger partial charge in [-0.25, -0.2) is 0 Å². The zero-order valence-corrected chi connectivity index (χ0v) is 20.0. The van der Waals surface area contributed by atoms with Gasteiger partial charge in [-0.3, -0.25) is 14.9 Å². The van der Waals surface area contributed by atoms with Gasteiger partial charge in [-0.15, -0.1) is 0 Å². The Bertz CT molecular complexity index is 894. The third-order valence-electron chi connectivity index (χ3n) is 4.75. The van der Waals surface area contributed by atoms with E-state index in [0.29, 0.717) is 29.2 Å². The molecule has 7 heteroatoms. The average Bonchev–Trinajstić information content (AvgIpc) is 2.79. The number of unbranched alkanes of at least 4 members (excludes halogenated alkanes) is 1. The second-order valence-electron chi connectivity index (χ2n) is 7.51. The van der Waals surface area contributed by atoms with Crippen molar-refractivity contribution >= 4 is 34.8 Å². The zero-order valence-electron chi connectivity index (χ0n) is 19.1. The maximum absolute atomic E-state index is 12.7. The van der Waals surface area contributed by atoms with E-state index in [2.05, 4.69) is 31.4 Å². The highest BCUT2D eigenvalue weighted by atomic mass is 32.1. The molecule has 0 spiro atoms. The Morgan fingerprint density at radius 1 is 0.938 bits per heavy atom. The number of nitrogens with zero attached hydrogens (tertiary/aromatic N) is 1. The Hall–Kier alpha value is -2.93. The van der Waals surface area contributed by atoms with E-state index >= 15 is 0 Å². The molecule has 0 aliphatic rings. The van der Waals surface area contributed by atoms with Crippen LogP contribution >= 0.6 is 12.2 Å². The van der Waals surface area contributed by atoms with Gasteiger partial charge in [-0.2, -0.15) is 0 Å². The fourth-order valence-corrected chi connectivity index (χ4v) is 3.34. The van der Waals surface area contributed by atoms with Crippen LogP contribution in [0.5, 0.6) is 5.75 Å². The molecule has 0 aromatic heterocycles. The van der Waals surface area contributed by atoms with Gasteiger partial charge in [0.15, 0.2) is 5.11 Å². The Balaban J connectivity index is 1.93. The highest BCUT2D eigenvalue weighted by molar-refractivity contribution is 7.80. The quantitative estimate of drug-likeness (QED) is 0.357. The van der Waals surface area contributed by atoms with E-state index in [-0.39, 0.29) is 16.9 Å². The molecule has 0 aliphatic carbocycles. The van der Waals surface area contributed by atoms with Crippen molar-refractivity contribution in [3.63, 3.8) is 0 Å². The molecule has 2 aromatic carbocycles. The van der Waals surface area contributed by atoms with Crippen molar-refractivity contribution in [2.75, 3.05) is 25.0 Å². The molecule has 172 valence electrons. The predicted molar refractivity (Wildman–Crippen MR) is 133 cm³/mol. The molecule has 32 heavy (non-hydrogen) atoms. The summed E-state index contributed by atoms with van der Waals surface area (Å²) < 4.78 is 5.66. The van der Waals surface area contributed by atoms with Gasteiger partial charge in [-0.05, 0) is 73.9 Å². The van der Waals surface area contributed by atoms with Gasteiger partial charge in [0.25, 0.3) is 11.8 Å². The van der Waals surface area contributed by atoms with Crippen LogP contribution < -0.4 is 15.4 Å². The number of nitrogens with one attached hydrogen (secondary N) is 2. The molecule has 2 amide bonds. The zero-order chi connectivity index (χ0) is 23.3. The summed E-state index contributed by atoms with van der Waals surface area (Å²) >= 11 is 5.28. The van der Waals surface area contributed by atoms with Crippen molar-refractivity contribution in [2.45, 2.75) is 46.5 Å². The first-order chi connectivity index (χ1) is 15.5. The number of anilines is 1. The van der Waals surface area contributed by atoms with Crippen LogP contribution in [0.1, 0.15) is 67.2 Å². The van der Waals surface area contributed by atoms with Gasteiger partial charge in [0.1, 0.15) is 5.75 Å². The smallest absolute Gasteiger partial charge is 0.257 e. The van der Waals surface area contributed by atoms with Crippen molar-refractivity contribution in [3.8, 4) is 5.75 Å². The largest absolute Gasteiger partial charge is 0.494 e. The molecule has 2 aromatic rings. The molecule has 2 N–H and O–H groups in total. The minimum absolute atomic E-state index is 0.0252. The van der Waals surface area contributed by atoms with Crippen molar-refractivity contribution in [1.82, 2.24) is 10.2 Å². The van der Waals surface area contributed by atoms with E-state index in [4.69, 9.17) is 17.0 Å². The molecule has 0 fully saturated rings. The Labute approximate surface area is 196 Å². The van der Waals surface area contributed by atoms with Crippen molar-refractivity contribution in [2.24, 2.45) is 0 Å². The molecule has 0 heterocycles. The molecule has 0 aliphatic heterocycles. The third kappa shape index (κ3) is 7.96. The molecule has 6 nitrogen and oxygen atoms in total. The summed E-state index contributed by atoms with van der Waals surface area (Å²) in [5.74, 6) is 0.368. The summed E-state index contributed by atoms with van der Waals surface area (Å²) in [5.41, 5.74) is 1.80. The number of ether oxygens (including phenoxy) is 1. The number of carbonyl (C=O) groups excluding carboxylic acids is 2. The second-order valence-corrected chi connectivity index (χ2v) is 7.92. The van der Waals surface area contributed by atoms with E-state index in [0.717, 1.165) is 38.8 Å².